The molecule has 9 nitrogen and oxygen atoms in total. The zero-order valence-corrected chi connectivity index (χ0v) is 32.2. The smallest absolute Gasteiger partial charge is 0.223 e. The highest BCUT2D eigenvalue weighted by Gasteiger charge is 2.84. The molecule has 0 aromatic heterocycles. The Morgan fingerprint density at radius 2 is 1.59 bits per heavy atom. The first-order valence-corrected chi connectivity index (χ1v) is 21.1. The summed E-state index contributed by atoms with van der Waals surface area (Å²) in [6.45, 7) is 16.7. The zero-order chi connectivity index (χ0) is 35.6. The summed E-state index contributed by atoms with van der Waals surface area (Å²) in [4.78, 5) is 29.9. The number of ether oxygens (including phenoxy) is 4. The maximum atomic E-state index is 13.0. The Bertz CT molecular complexity index is 1380. The van der Waals surface area contributed by atoms with Crippen LogP contribution in [0, 0.1) is 56.7 Å². The van der Waals surface area contributed by atoms with Gasteiger partial charge in [0.2, 0.25) is 11.8 Å². The number of hydrogen-bond acceptors (Lipinski definition) is 7. The Kier molecular flexibility index (Phi) is 8.60. The molecule has 51 heavy (non-hydrogen) atoms. The number of carbonyl (C=O) groups excluding carboxylic acids is 2. The van der Waals surface area contributed by atoms with Crippen LogP contribution in [0.15, 0.2) is 0 Å². The van der Waals surface area contributed by atoms with Crippen molar-refractivity contribution in [1.29, 1.82) is 0 Å². The van der Waals surface area contributed by atoms with Crippen LogP contribution in [-0.2, 0) is 28.5 Å². The molecule has 9 heteroatoms. The molecule has 0 aromatic carbocycles. The first kappa shape index (κ1) is 35.4. The van der Waals surface area contributed by atoms with Gasteiger partial charge in [0.15, 0.2) is 6.29 Å². The summed E-state index contributed by atoms with van der Waals surface area (Å²) < 4.78 is 25.4. The second-order valence-corrected chi connectivity index (χ2v) is 20.1. The molecule has 286 valence electrons. The first-order chi connectivity index (χ1) is 24.3. The molecule has 0 aromatic rings. The summed E-state index contributed by atoms with van der Waals surface area (Å²) in [7, 11) is 0. The van der Waals surface area contributed by atoms with E-state index in [2.05, 4.69) is 34.6 Å². The van der Waals surface area contributed by atoms with Crippen molar-refractivity contribution in [2.45, 2.75) is 149 Å². The van der Waals surface area contributed by atoms with Gasteiger partial charge in [0.25, 0.3) is 0 Å². The number of fused-ring (bicyclic) bond motifs is 4. The topological polar surface area (TPSA) is 97.8 Å². The third kappa shape index (κ3) is 5.23. The van der Waals surface area contributed by atoms with Crippen LogP contribution in [0.1, 0.15) is 118 Å². The van der Waals surface area contributed by atoms with E-state index in [4.69, 9.17) is 18.9 Å². The lowest BCUT2D eigenvalue weighted by atomic mass is 9.41. The number of nitrogens with zero attached hydrogens (tertiary/aromatic N) is 2. The van der Waals surface area contributed by atoms with Gasteiger partial charge in [-0.05, 0) is 122 Å². The van der Waals surface area contributed by atoms with Crippen LogP contribution in [0.4, 0.5) is 0 Å². The SMILES string of the molecule is C[C@@H]1C[C@H](CCC(=O)N2CCOCC2)O[C@H]2C1[C@@]1(C)CC[C@@]34CC35CCC(OC3CN(C(=O)CC6CC6)CCO3)C(C)(C)[C@@H]5CC[C@H]4[C@]1(C)[C@H]2O. The minimum absolute atomic E-state index is 0.0177. The highest BCUT2D eigenvalue weighted by molar-refractivity contribution is 5.77. The lowest BCUT2D eigenvalue weighted by Crippen LogP contribution is -2.60. The number of rotatable bonds is 7. The highest BCUT2D eigenvalue weighted by atomic mass is 16.7. The molecule has 2 amide bonds. The molecule has 9 rings (SSSR count). The van der Waals surface area contributed by atoms with E-state index < -0.39 is 6.10 Å². The third-order valence-electron chi connectivity index (χ3n) is 17.7. The molecule has 9 aliphatic rings. The standard InChI is InChI=1S/C42H66N2O7/c1-26-22-28(8-11-32(45)43-16-19-48-20-17-43)50-36-35(26)39(4)14-15-42-25-41(42)13-12-31(38(2,3)29(41)9-10-30(42)40(39,5)37(36)47)51-34-24-44(18-21-49-34)33(46)23-27-6-7-27/h26-31,34-37,47H,6-25H2,1-5H3/t26-,28+,29+,30+,31?,34?,35?,36+,37+,39-,40-,41?,42+/m1/s1. The number of amides is 2. The van der Waals surface area contributed by atoms with E-state index in [0.717, 1.165) is 19.3 Å². The van der Waals surface area contributed by atoms with Crippen molar-refractivity contribution in [2.75, 3.05) is 46.0 Å². The van der Waals surface area contributed by atoms with E-state index in [1.807, 2.05) is 9.80 Å². The molecule has 9 fully saturated rings. The Morgan fingerprint density at radius 3 is 2.35 bits per heavy atom. The summed E-state index contributed by atoms with van der Waals surface area (Å²) in [5, 5.41) is 12.6. The van der Waals surface area contributed by atoms with Gasteiger partial charge < -0.3 is 33.9 Å². The van der Waals surface area contributed by atoms with Gasteiger partial charge in [-0.15, -0.1) is 0 Å². The van der Waals surface area contributed by atoms with Crippen LogP contribution in [0.2, 0.25) is 0 Å². The number of morpholine rings is 2. The van der Waals surface area contributed by atoms with Crippen molar-refractivity contribution in [1.82, 2.24) is 9.80 Å². The fourth-order valence-corrected chi connectivity index (χ4v) is 14.9. The zero-order valence-electron chi connectivity index (χ0n) is 32.2. The van der Waals surface area contributed by atoms with Gasteiger partial charge in [-0.1, -0.05) is 34.6 Å². The molecule has 3 heterocycles. The molecular weight excluding hydrogens is 644 g/mol. The molecule has 6 saturated carbocycles. The van der Waals surface area contributed by atoms with Gasteiger partial charge in [-0.3, -0.25) is 9.59 Å². The lowest BCUT2D eigenvalue weighted by Gasteiger charge is -2.64. The van der Waals surface area contributed by atoms with Crippen LogP contribution in [0.25, 0.3) is 0 Å². The predicted octanol–water partition coefficient (Wildman–Crippen LogP) is 5.81. The molecule has 6 aliphatic carbocycles. The number of aliphatic hydroxyl groups excluding tert-OH is 1. The maximum absolute atomic E-state index is 13.0. The van der Waals surface area contributed by atoms with Crippen LogP contribution in [0.5, 0.6) is 0 Å². The fraction of sp³-hybridized carbons (Fsp3) is 0.952. The monoisotopic (exact) mass is 710 g/mol. The van der Waals surface area contributed by atoms with Crippen LogP contribution in [-0.4, -0.2) is 103 Å². The second kappa shape index (κ2) is 12.4. The summed E-state index contributed by atoms with van der Waals surface area (Å²) in [5.74, 6) is 2.98. The van der Waals surface area contributed by atoms with Crippen molar-refractivity contribution in [3.05, 3.63) is 0 Å². The van der Waals surface area contributed by atoms with E-state index in [9.17, 15) is 14.7 Å². The minimum atomic E-state index is -0.481. The molecule has 3 aliphatic heterocycles. The average Bonchev–Trinajstić information content (AvgIpc) is 4.04. The normalized spacial score (nSPS) is 50.0. The van der Waals surface area contributed by atoms with E-state index in [-0.39, 0.29) is 52.7 Å². The van der Waals surface area contributed by atoms with Gasteiger partial charge in [0, 0.05) is 37.9 Å². The Balaban J connectivity index is 0.888. The van der Waals surface area contributed by atoms with Crippen molar-refractivity contribution in [2.24, 2.45) is 56.7 Å². The Hall–Kier alpha value is -1.26. The van der Waals surface area contributed by atoms with Crippen molar-refractivity contribution in [3.63, 3.8) is 0 Å². The van der Waals surface area contributed by atoms with Gasteiger partial charge in [-0.2, -0.15) is 0 Å². The van der Waals surface area contributed by atoms with Crippen molar-refractivity contribution < 1.29 is 33.6 Å². The molecule has 3 saturated heterocycles. The Labute approximate surface area is 306 Å². The summed E-state index contributed by atoms with van der Waals surface area (Å²) >= 11 is 0. The largest absolute Gasteiger partial charge is 0.390 e. The molecule has 13 atom stereocenters. The van der Waals surface area contributed by atoms with E-state index in [1.165, 1.54) is 51.4 Å². The average molecular weight is 711 g/mol. The number of hydrogen-bond donors (Lipinski definition) is 1. The summed E-state index contributed by atoms with van der Waals surface area (Å²) in [6.07, 6.45) is 12.8. The van der Waals surface area contributed by atoms with Gasteiger partial charge in [-0.25, -0.2) is 0 Å². The van der Waals surface area contributed by atoms with E-state index in [0.29, 0.717) is 99.3 Å². The van der Waals surface area contributed by atoms with E-state index >= 15 is 0 Å². The molecule has 0 bridgehead atoms. The van der Waals surface area contributed by atoms with Gasteiger partial charge in [0.1, 0.15) is 0 Å². The van der Waals surface area contributed by atoms with Crippen LogP contribution < -0.4 is 0 Å². The molecule has 1 N–H and O–H groups in total. The van der Waals surface area contributed by atoms with Gasteiger partial charge >= 0.3 is 0 Å². The number of carbonyl (C=O) groups is 2. The summed E-state index contributed by atoms with van der Waals surface area (Å²) in [5.41, 5.74) is 0.483. The predicted molar refractivity (Wildman–Crippen MR) is 191 cm³/mol. The summed E-state index contributed by atoms with van der Waals surface area (Å²) in [6, 6.07) is 0. The third-order valence-corrected chi connectivity index (χ3v) is 17.7. The second-order valence-electron chi connectivity index (χ2n) is 20.1. The van der Waals surface area contributed by atoms with Crippen molar-refractivity contribution >= 4 is 11.8 Å². The highest BCUT2D eigenvalue weighted by Crippen LogP contribution is 2.89. The number of aliphatic hydroxyl groups is 1. The van der Waals surface area contributed by atoms with Crippen LogP contribution >= 0.6 is 0 Å². The fourth-order valence-electron chi connectivity index (χ4n) is 14.9. The first-order valence-electron chi connectivity index (χ1n) is 21.1. The quantitative estimate of drug-likeness (QED) is 0.357. The maximum Gasteiger partial charge on any atom is 0.223 e. The minimum Gasteiger partial charge on any atom is -0.390 e. The molecule has 2 spiro atoms. The molecule has 0 radical (unpaired) electrons. The Morgan fingerprint density at radius 1 is 0.863 bits per heavy atom. The lowest BCUT2D eigenvalue weighted by molar-refractivity contribution is -0.248. The van der Waals surface area contributed by atoms with E-state index in [1.54, 1.807) is 0 Å². The van der Waals surface area contributed by atoms with Crippen LogP contribution in [0.3, 0.4) is 0 Å². The van der Waals surface area contributed by atoms with Gasteiger partial charge in [0.05, 0.1) is 50.8 Å². The molecular formula is C42H66N2O7. The van der Waals surface area contributed by atoms with Crippen molar-refractivity contribution in [3.8, 4) is 0 Å². The molecule has 4 unspecified atom stereocenters.